The second-order valence-corrected chi connectivity index (χ2v) is 4.17. The van der Waals surface area contributed by atoms with Crippen LogP contribution in [-0.2, 0) is 0 Å². The molecule has 3 N–H and O–H groups in total. The van der Waals surface area contributed by atoms with Crippen molar-refractivity contribution >= 4 is 11.5 Å². The Bertz CT molecular complexity index is 715. The first-order chi connectivity index (χ1) is 10.0. The Hall–Kier alpha value is -3.16. The number of benzene rings is 1. The number of ether oxygens (including phenoxy) is 1. The molecule has 8 heteroatoms. The number of nitrogens with zero attached hydrogens (tertiary/aromatic N) is 3. The standard InChI is InChI=1S/C13H12N4O4/c1-8-4-5-11(10(7-8)17(19)20)21-13-9(12(14)16-18)3-2-6-15-13/h2-7,18H,1H3,(H2,14,16). The highest BCUT2D eigenvalue weighted by molar-refractivity contribution is 5.99. The van der Waals surface area contributed by atoms with Crippen molar-refractivity contribution < 1.29 is 14.9 Å². The number of hydrogen-bond donors (Lipinski definition) is 2. The van der Waals surface area contributed by atoms with Gasteiger partial charge in [-0.15, -0.1) is 0 Å². The summed E-state index contributed by atoms with van der Waals surface area (Å²) in [6.45, 7) is 1.74. The highest BCUT2D eigenvalue weighted by Crippen LogP contribution is 2.32. The third-order valence-electron chi connectivity index (χ3n) is 2.67. The smallest absolute Gasteiger partial charge is 0.311 e. The Morgan fingerprint density at radius 2 is 2.24 bits per heavy atom. The molecule has 8 nitrogen and oxygen atoms in total. The molecule has 0 aliphatic carbocycles. The number of nitro groups is 1. The van der Waals surface area contributed by atoms with Gasteiger partial charge in [-0.25, -0.2) is 4.98 Å². The Balaban J connectivity index is 2.46. The van der Waals surface area contributed by atoms with Gasteiger partial charge in [0.25, 0.3) is 0 Å². The van der Waals surface area contributed by atoms with Gasteiger partial charge in [0.1, 0.15) is 0 Å². The lowest BCUT2D eigenvalue weighted by Crippen LogP contribution is -2.14. The number of nitro benzene ring substituents is 1. The van der Waals surface area contributed by atoms with Gasteiger partial charge in [-0.05, 0) is 30.7 Å². The molecular weight excluding hydrogens is 276 g/mol. The molecule has 2 aromatic rings. The molecule has 108 valence electrons. The van der Waals surface area contributed by atoms with E-state index in [1.807, 2.05) is 0 Å². The maximum Gasteiger partial charge on any atom is 0.311 e. The monoisotopic (exact) mass is 288 g/mol. The molecule has 0 amide bonds. The van der Waals surface area contributed by atoms with Crippen LogP contribution in [0.3, 0.4) is 0 Å². The maximum atomic E-state index is 11.1. The Labute approximate surface area is 119 Å². The van der Waals surface area contributed by atoms with Crippen LogP contribution in [0.4, 0.5) is 5.69 Å². The molecule has 0 unspecified atom stereocenters. The number of amidine groups is 1. The number of nitrogens with two attached hydrogens (primary N) is 1. The second kappa shape index (κ2) is 5.87. The Morgan fingerprint density at radius 1 is 1.48 bits per heavy atom. The number of rotatable bonds is 4. The molecule has 0 spiro atoms. The topological polar surface area (TPSA) is 124 Å². The normalized spacial score (nSPS) is 11.2. The van der Waals surface area contributed by atoms with E-state index in [0.29, 0.717) is 0 Å². The highest BCUT2D eigenvalue weighted by Gasteiger charge is 2.18. The van der Waals surface area contributed by atoms with Crippen LogP contribution in [0.5, 0.6) is 11.6 Å². The summed E-state index contributed by atoms with van der Waals surface area (Å²) in [4.78, 5) is 14.5. The Morgan fingerprint density at radius 3 is 2.90 bits per heavy atom. The molecular formula is C13H12N4O4. The minimum atomic E-state index is -0.547. The average Bonchev–Trinajstić information content (AvgIpc) is 2.48. The van der Waals surface area contributed by atoms with Gasteiger partial charge >= 0.3 is 5.69 Å². The van der Waals surface area contributed by atoms with E-state index in [1.165, 1.54) is 24.4 Å². The molecule has 1 aromatic carbocycles. The lowest BCUT2D eigenvalue weighted by atomic mass is 10.2. The van der Waals surface area contributed by atoms with Crippen LogP contribution in [0.25, 0.3) is 0 Å². The van der Waals surface area contributed by atoms with Crippen molar-refractivity contribution in [1.29, 1.82) is 0 Å². The van der Waals surface area contributed by atoms with Crippen molar-refractivity contribution in [3.8, 4) is 11.6 Å². The first-order valence-electron chi connectivity index (χ1n) is 5.88. The fourth-order valence-corrected chi connectivity index (χ4v) is 1.68. The summed E-state index contributed by atoms with van der Waals surface area (Å²) in [6, 6.07) is 7.63. The zero-order valence-electron chi connectivity index (χ0n) is 11.1. The summed E-state index contributed by atoms with van der Waals surface area (Å²) in [7, 11) is 0. The lowest BCUT2D eigenvalue weighted by molar-refractivity contribution is -0.385. The Kier molecular flexibility index (Phi) is 3.98. The zero-order valence-corrected chi connectivity index (χ0v) is 11.1. The molecule has 0 fully saturated rings. The van der Waals surface area contributed by atoms with Crippen molar-refractivity contribution in [2.75, 3.05) is 0 Å². The minimum Gasteiger partial charge on any atom is -0.431 e. The van der Waals surface area contributed by atoms with Crippen molar-refractivity contribution in [2.24, 2.45) is 10.9 Å². The van der Waals surface area contributed by atoms with E-state index < -0.39 is 4.92 Å². The number of pyridine rings is 1. The van der Waals surface area contributed by atoms with Gasteiger partial charge in [0.15, 0.2) is 5.84 Å². The SMILES string of the molecule is Cc1ccc(Oc2ncccc2/C(N)=N/O)c([N+](=O)[O-])c1. The number of oxime groups is 1. The number of aromatic nitrogens is 1. The van der Waals surface area contributed by atoms with Crippen LogP contribution in [0.2, 0.25) is 0 Å². The summed E-state index contributed by atoms with van der Waals surface area (Å²) >= 11 is 0. The van der Waals surface area contributed by atoms with Crippen LogP contribution in [-0.4, -0.2) is 21.0 Å². The molecule has 0 bridgehead atoms. The fourth-order valence-electron chi connectivity index (χ4n) is 1.68. The van der Waals surface area contributed by atoms with Crippen LogP contribution in [0, 0.1) is 17.0 Å². The molecule has 0 saturated carbocycles. The molecule has 1 heterocycles. The highest BCUT2D eigenvalue weighted by atomic mass is 16.6. The van der Waals surface area contributed by atoms with E-state index in [0.717, 1.165) is 5.56 Å². The van der Waals surface area contributed by atoms with Crippen LogP contribution >= 0.6 is 0 Å². The first-order valence-corrected chi connectivity index (χ1v) is 5.88. The van der Waals surface area contributed by atoms with Gasteiger partial charge in [0.05, 0.1) is 10.5 Å². The van der Waals surface area contributed by atoms with E-state index in [2.05, 4.69) is 10.1 Å². The lowest BCUT2D eigenvalue weighted by Gasteiger charge is -2.09. The van der Waals surface area contributed by atoms with Gasteiger partial charge < -0.3 is 15.7 Å². The molecule has 0 saturated heterocycles. The van der Waals surface area contributed by atoms with Gasteiger partial charge in [0, 0.05) is 12.3 Å². The maximum absolute atomic E-state index is 11.1. The summed E-state index contributed by atoms with van der Waals surface area (Å²) < 4.78 is 5.46. The van der Waals surface area contributed by atoms with E-state index in [-0.39, 0.29) is 28.7 Å². The van der Waals surface area contributed by atoms with E-state index in [9.17, 15) is 10.1 Å². The molecule has 0 aliphatic rings. The summed E-state index contributed by atoms with van der Waals surface area (Å²) in [5.41, 5.74) is 6.29. The van der Waals surface area contributed by atoms with E-state index in [1.54, 1.807) is 19.1 Å². The predicted octanol–water partition coefficient (Wildman–Crippen LogP) is 2.19. The molecule has 1 aromatic heterocycles. The molecule has 0 radical (unpaired) electrons. The molecule has 21 heavy (non-hydrogen) atoms. The van der Waals surface area contributed by atoms with Crippen LogP contribution in [0.1, 0.15) is 11.1 Å². The van der Waals surface area contributed by atoms with Gasteiger partial charge in [-0.1, -0.05) is 11.2 Å². The van der Waals surface area contributed by atoms with Crippen molar-refractivity contribution in [1.82, 2.24) is 4.98 Å². The van der Waals surface area contributed by atoms with Crippen molar-refractivity contribution in [2.45, 2.75) is 6.92 Å². The van der Waals surface area contributed by atoms with Crippen molar-refractivity contribution in [3.05, 3.63) is 57.8 Å². The third-order valence-corrected chi connectivity index (χ3v) is 2.67. The zero-order chi connectivity index (χ0) is 15.4. The average molecular weight is 288 g/mol. The summed E-state index contributed by atoms with van der Waals surface area (Å²) in [6.07, 6.45) is 1.43. The fraction of sp³-hybridized carbons (Fsp3) is 0.0769. The van der Waals surface area contributed by atoms with E-state index in [4.69, 9.17) is 15.7 Å². The number of hydrogen-bond acceptors (Lipinski definition) is 6. The third kappa shape index (κ3) is 3.06. The second-order valence-electron chi connectivity index (χ2n) is 4.17. The molecule has 0 atom stereocenters. The largest absolute Gasteiger partial charge is 0.431 e. The minimum absolute atomic E-state index is 0.0137. The molecule has 2 rings (SSSR count). The van der Waals surface area contributed by atoms with Gasteiger partial charge in [0.2, 0.25) is 11.6 Å². The first kappa shape index (κ1) is 14.3. The number of aryl methyl sites for hydroxylation is 1. The predicted molar refractivity (Wildman–Crippen MR) is 74.7 cm³/mol. The molecule has 0 aliphatic heterocycles. The van der Waals surface area contributed by atoms with Gasteiger partial charge in [-0.2, -0.15) is 0 Å². The van der Waals surface area contributed by atoms with Crippen LogP contribution in [0.15, 0.2) is 41.7 Å². The van der Waals surface area contributed by atoms with Gasteiger partial charge in [-0.3, -0.25) is 10.1 Å². The quantitative estimate of drug-likeness (QED) is 0.292. The van der Waals surface area contributed by atoms with Crippen LogP contribution < -0.4 is 10.5 Å². The summed E-state index contributed by atoms with van der Waals surface area (Å²) in [5.74, 6) is -0.163. The van der Waals surface area contributed by atoms with Crippen molar-refractivity contribution in [3.63, 3.8) is 0 Å². The van der Waals surface area contributed by atoms with E-state index >= 15 is 0 Å². The summed E-state index contributed by atoms with van der Waals surface area (Å²) in [5, 5.41) is 22.7.